The van der Waals surface area contributed by atoms with Crippen molar-refractivity contribution in [2.45, 2.75) is 56.3 Å². The summed E-state index contributed by atoms with van der Waals surface area (Å²) in [7, 11) is 0. The van der Waals surface area contributed by atoms with Crippen LogP contribution in [0, 0.1) is 0 Å². The first-order valence-electron chi connectivity index (χ1n) is 7.60. The van der Waals surface area contributed by atoms with Crippen molar-refractivity contribution in [3.63, 3.8) is 0 Å². The summed E-state index contributed by atoms with van der Waals surface area (Å²) in [5, 5.41) is 48.9. The van der Waals surface area contributed by atoms with Gasteiger partial charge in [0.15, 0.2) is 0 Å². The van der Waals surface area contributed by atoms with Crippen LogP contribution in [0.4, 0.5) is 0 Å². The summed E-state index contributed by atoms with van der Waals surface area (Å²) >= 11 is 0. The maximum atomic E-state index is 10.7. The Bertz CT molecular complexity index is 422. The molecule has 2 aliphatic rings. The fourth-order valence-corrected chi connectivity index (χ4v) is 2.31. The molecule has 2 heterocycles. The normalized spacial score (nSPS) is 33.4. The quantitative estimate of drug-likeness (QED) is 0.310. The summed E-state index contributed by atoms with van der Waals surface area (Å²) in [6, 6.07) is -0.347. The molecule has 0 aromatic carbocycles. The van der Waals surface area contributed by atoms with Crippen LogP contribution in [0.5, 0.6) is 0 Å². The number of hydrogen-bond donors (Lipinski definition) is 5. The third-order valence-electron chi connectivity index (χ3n) is 3.70. The summed E-state index contributed by atoms with van der Waals surface area (Å²) in [5.74, 6) is -1.54. The van der Waals surface area contributed by atoms with E-state index in [1.54, 1.807) is 0 Å². The maximum Gasteiger partial charge on any atom is 0.217 e. The molecule has 12 nitrogen and oxygen atoms in total. The molecule has 0 spiro atoms. The summed E-state index contributed by atoms with van der Waals surface area (Å²) < 4.78 is 9.84. The molecule has 6 unspecified atom stereocenters. The highest BCUT2D eigenvalue weighted by atomic mass is 16.5. The Morgan fingerprint density at radius 1 is 1.04 bits per heavy atom. The molecule has 156 valence electrons. The topological polar surface area (TPSA) is 232 Å². The first kappa shape index (κ1) is 26.8. The molecule has 26 heavy (non-hydrogen) atoms. The van der Waals surface area contributed by atoms with Gasteiger partial charge in [-0.05, 0) is 0 Å². The molecule has 9 N–H and O–H groups in total. The van der Waals surface area contributed by atoms with Gasteiger partial charge in [-0.25, -0.2) is 0 Å². The average Bonchev–Trinajstić information content (AvgIpc) is 2.52. The number of aliphatic carboxylic acids is 1. The third-order valence-corrected chi connectivity index (χ3v) is 3.70. The van der Waals surface area contributed by atoms with Crippen molar-refractivity contribution >= 4 is 11.9 Å². The van der Waals surface area contributed by atoms with Gasteiger partial charge < -0.3 is 56.1 Å². The lowest BCUT2D eigenvalue weighted by Gasteiger charge is -2.32. The molecule has 2 rings (SSSR count). The van der Waals surface area contributed by atoms with Gasteiger partial charge in [-0.1, -0.05) is 0 Å². The van der Waals surface area contributed by atoms with Crippen molar-refractivity contribution in [3.8, 4) is 0 Å². The highest BCUT2D eigenvalue weighted by Gasteiger charge is 2.30. The second-order valence-electron chi connectivity index (χ2n) is 5.76. The molecule has 0 aromatic rings. The van der Waals surface area contributed by atoms with Crippen LogP contribution in [-0.4, -0.2) is 99.6 Å². The first-order valence-corrected chi connectivity index (χ1v) is 7.60. The Labute approximate surface area is 150 Å². The molecular formula is C14H28NO11-. The van der Waals surface area contributed by atoms with Crippen LogP contribution < -0.4 is 10.4 Å². The van der Waals surface area contributed by atoms with Gasteiger partial charge >= 0.3 is 0 Å². The Morgan fingerprint density at radius 3 is 2.08 bits per heavy atom. The fraction of sp³-hybridized carbons (Fsp3) is 0.857. The zero-order valence-corrected chi connectivity index (χ0v) is 14.3. The molecule has 0 aliphatic carbocycles. The number of carbonyl (C=O) groups excluding carboxylic acids is 2. The molecule has 6 atom stereocenters. The number of amides is 1. The Kier molecular flexibility index (Phi) is 13.3. The van der Waals surface area contributed by atoms with Crippen molar-refractivity contribution in [2.24, 2.45) is 0 Å². The van der Waals surface area contributed by atoms with Gasteiger partial charge in [0, 0.05) is 19.8 Å². The Hall–Kier alpha value is -1.38. The first-order chi connectivity index (χ1) is 11.2. The van der Waals surface area contributed by atoms with Gasteiger partial charge in [0.2, 0.25) is 5.91 Å². The molecule has 2 saturated heterocycles. The lowest BCUT2D eigenvalue weighted by molar-refractivity contribution is -0.321. The largest absolute Gasteiger partial charge is 0.547 e. The predicted molar refractivity (Wildman–Crippen MR) is 83.7 cm³/mol. The number of carbonyl (C=O) groups is 2. The van der Waals surface area contributed by atoms with Crippen LogP contribution in [0.2, 0.25) is 0 Å². The SMILES string of the molecule is CC(=O)NC1COC(CO)CC1O.O.O.O=C([O-])C1CC(O)C(O)CO1. The highest BCUT2D eigenvalue weighted by molar-refractivity contribution is 5.73. The second-order valence-corrected chi connectivity index (χ2v) is 5.76. The van der Waals surface area contributed by atoms with Crippen LogP contribution in [-0.2, 0) is 19.1 Å². The minimum Gasteiger partial charge on any atom is -0.547 e. The van der Waals surface area contributed by atoms with E-state index in [1.807, 2.05) is 0 Å². The number of aliphatic hydroxyl groups excluding tert-OH is 4. The van der Waals surface area contributed by atoms with E-state index in [2.05, 4.69) is 10.1 Å². The van der Waals surface area contributed by atoms with Crippen molar-refractivity contribution in [1.29, 1.82) is 0 Å². The number of carboxylic acid groups (broad SMARTS) is 1. The van der Waals surface area contributed by atoms with E-state index in [1.165, 1.54) is 6.92 Å². The van der Waals surface area contributed by atoms with E-state index >= 15 is 0 Å². The van der Waals surface area contributed by atoms with Gasteiger partial charge in [-0.3, -0.25) is 4.79 Å². The summed E-state index contributed by atoms with van der Waals surface area (Å²) in [6.45, 7) is 1.40. The van der Waals surface area contributed by atoms with Crippen LogP contribution in [0.15, 0.2) is 0 Å². The van der Waals surface area contributed by atoms with Gasteiger partial charge in [0.05, 0.1) is 56.2 Å². The molecule has 0 bridgehead atoms. The molecule has 0 aromatic heterocycles. The highest BCUT2D eigenvalue weighted by Crippen LogP contribution is 2.14. The molecule has 0 saturated carbocycles. The average molecular weight is 386 g/mol. The van der Waals surface area contributed by atoms with E-state index in [9.17, 15) is 19.8 Å². The zero-order chi connectivity index (χ0) is 18.3. The third kappa shape index (κ3) is 8.82. The number of nitrogens with one attached hydrogen (secondary N) is 1. The van der Waals surface area contributed by atoms with Gasteiger partial charge in [0.25, 0.3) is 0 Å². The molecule has 2 fully saturated rings. The van der Waals surface area contributed by atoms with Crippen LogP contribution in [0.25, 0.3) is 0 Å². The lowest BCUT2D eigenvalue weighted by Crippen LogP contribution is -2.51. The number of aliphatic hydroxyl groups is 4. The summed E-state index contributed by atoms with van der Waals surface area (Å²) in [6.07, 6.45) is -3.77. The zero-order valence-electron chi connectivity index (χ0n) is 14.3. The monoisotopic (exact) mass is 386 g/mol. The van der Waals surface area contributed by atoms with Crippen molar-refractivity contribution in [3.05, 3.63) is 0 Å². The van der Waals surface area contributed by atoms with Crippen molar-refractivity contribution in [2.75, 3.05) is 19.8 Å². The second kappa shape index (κ2) is 12.9. The van der Waals surface area contributed by atoms with Crippen molar-refractivity contribution in [1.82, 2.24) is 5.32 Å². The van der Waals surface area contributed by atoms with E-state index in [-0.39, 0.29) is 55.2 Å². The Morgan fingerprint density at radius 2 is 1.65 bits per heavy atom. The Balaban J connectivity index is 0. The molecule has 12 heteroatoms. The van der Waals surface area contributed by atoms with E-state index in [0.717, 1.165) is 0 Å². The molecular weight excluding hydrogens is 358 g/mol. The lowest BCUT2D eigenvalue weighted by atomic mass is 10.0. The van der Waals surface area contributed by atoms with Crippen LogP contribution in [0.3, 0.4) is 0 Å². The molecule has 0 radical (unpaired) electrons. The minimum absolute atomic E-state index is 0. The van der Waals surface area contributed by atoms with E-state index in [0.29, 0.717) is 6.42 Å². The fourth-order valence-electron chi connectivity index (χ4n) is 2.31. The van der Waals surface area contributed by atoms with E-state index < -0.39 is 30.4 Å². The molecule has 1 amide bonds. The number of carboxylic acids is 1. The smallest absolute Gasteiger partial charge is 0.217 e. The summed E-state index contributed by atoms with van der Waals surface area (Å²) in [5.41, 5.74) is 0. The number of rotatable bonds is 3. The minimum atomic E-state index is -1.35. The van der Waals surface area contributed by atoms with Gasteiger partial charge in [-0.15, -0.1) is 0 Å². The van der Waals surface area contributed by atoms with Gasteiger partial charge in [0.1, 0.15) is 6.10 Å². The van der Waals surface area contributed by atoms with Crippen molar-refractivity contribution < 1.29 is 55.5 Å². The van der Waals surface area contributed by atoms with Crippen LogP contribution in [0.1, 0.15) is 19.8 Å². The molecule has 2 aliphatic heterocycles. The number of ether oxygens (including phenoxy) is 2. The van der Waals surface area contributed by atoms with E-state index in [4.69, 9.17) is 20.1 Å². The van der Waals surface area contributed by atoms with Crippen LogP contribution >= 0.6 is 0 Å². The number of hydrogen-bond acceptors (Lipinski definition) is 9. The standard InChI is InChI=1S/C8H15NO4.C6H10O5.2H2O/c1-5(11)9-7-4-13-6(3-10)2-8(7)12;7-3-1-5(6(9)10)11-2-4(3)8;;/h6-8,10,12H,2-4H2,1H3,(H,9,11);3-5,7-8H,1-2H2,(H,9,10);2*1H2/p-1. The van der Waals surface area contributed by atoms with Gasteiger partial charge in [-0.2, -0.15) is 0 Å². The summed E-state index contributed by atoms with van der Waals surface area (Å²) in [4.78, 5) is 20.9. The predicted octanol–water partition coefficient (Wildman–Crippen LogP) is -5.77. The maximum absolute atomic E-state index is 10.7.